The van der Waals surface area contributed by atoms with Crippen LogP contribution in [0.2, 0.25) is 0 Å². The first kappa shape index (κ1) is 13.9. The largest absolute Gasteiger partial charge is 0.347 e. The van der Waals surface area contributed by atoms with Crippen molar-refractivity contribution in [3.63, 3.8) is 0 Å². The van der Waals surface area contributed by atoms with E-state index in [0.717, 1.165) is 6.42 Å². The molecule has 5 aliphatic rings. The number of rotatable bonds is 3. The van der Waals surface area contributed by atoms with E-state index >= 15 is 0 Å². The number of methoxy groups -OCH3 is 2. The zero-order chi connectivity index (χ0) is 15.3. The summed E-state index contributed by atoms with van der Waals surface area (Å²) in [5.74, 6) is -0.0723. The summed E-state index contributed by atoms with van der Waals surface area (Å²) in [7, 11) is 3.21. The molecule has 0 radical (unpaired) electrons. The van der Waals surface area contributed by atoms with Crippen LogP contribution in [0, 0.1) is 35.0 Å². The van der Waals surface area contributed by atoms with Crippen molar-refractivity contribution in [2.24, 2.45) is 35.0 Å². The Bertz CT molecular complexity index is 535. The Balaban J connectivity index is 1.69. The molecule has 0 N–H and O–H groups in total. The van der Waals surface area contributed by atoms with Crippen LogP contribution in [0.4, 0.5) is 0 Å². The van der Waals surface area contributed by atoms with Crippen molar-refractivity contribution in [1.82, 2.24) is 0 Å². The number of ether oxygens (including phenoxy) is 4. The summed E-state index contributed by atoms with van der Waals surface area (Å²) in [4.78, 5) is 13.2. The zero-order valence-corrected chi connectivity index (χ0v) is 13.5. The van der Waals surface area contributed by atoms with Gasteiger partial charge in [-0.2, -0.15) is 0 Å². The Morgan fingerprint density at radius 3 is 2.36 bits per heavy atom. The van der Waals surface area contributed by atoms with Crippen molar-refractivity contribution in [2.45, 2.75) is 37.8 Å². The second kappa shape index (κ2) is 3.94. The lowest BCUT2D eigenvalue weighted by Gasteiger charge is -2.42. The molecule has 1 aliphatic heterocycles. The Morgan fingerprint density at radius 1 is 1.09 bits per heavy atom. The molecule has 0 bridgehead atoms. The van der Waals surface area contributed by atoms with Gasteiger partial charge in [0.1, 0.15) is 0 Å². The minimum absolute atomic E-state index is 0.0140. The van der Waals surface area contributed by atoms with Crippen molar-refractivity contribution >= 4 is 5.78 Å². The lowest BCUT2D eigenvalue weighted by molar-refractivity contribution is -0.266. The average molecular weight is 308 g/mol. The highest BCUT2D eigenvalue weighted by atomic mass is 16.7. The number of hydrogen-bond acceptors (Lipinski definition) is 5. The molecule has 1 saturated heterocycles. The first-order valence-corrected chi connectivity index (χ1v) is 8.51. The number of carbonyl (C=O) groups excluding carboxylic acids is 1. The standard InChI is InChI=1S/C17H24O5/c1-15(21-7-8-22-15)16-11-9-5-4-6-10(9)13(16)17(19-2,20-3)14(18)12(11)16/h9-13H,4-8H2,1-3H3/t9-,10+,11?,12?,13-,16?/m1/s1. The fraction of sp³-hybridized carbons (Fsp3) is 0.941. The molecule has 4 aliphatic carbocycles. The van der Waals surface area contributed by atoms with Crippen molar-refractivity contribution in [3.05, 3.63) is 0 Å². The Hall–Kier alpha value is -0.490. The minimum atomic E-state index is -1.09. The molecule has 0 amide bonds. The van der Waals surface area contributed by atoms with Crippen LogP contribution in [0.15, 0.2) is 0 Å². The van der Waals surface area contributed by atoms with Gasteiger partial charge in [-0.3, -0.25) is 4.79 Å². The summed E-state index contributed by atoms with van der Waals surface area (Å²) in [6, 6.07) is 0. The molecule has 0 aromatic carbocycles. The summed E-state index contributed by atoms with van der Waals surface area (Å²) in [5.41, 5.74) is -0.234. The maximum Gasteiger partial charge on any atom is 0.232 e. The molecule has 5 rings (SSSR count). The second-order valence-corrected chi connectivity index (χ2v) is 7.76. The first-order valence-electron chi connectivity index (χ1n) is 8.51. The molecule has 4 saturated carbocycles. The highest BCUT2D eigenvalue weighted by Crippen LogP contribution is 2.87. The third-order valence-corrected chi connectivity index (χ3v) is 7.61. The highest BCUT2D eigenvalue weighted by Gasteiger charge is 2.95. The topological polar surface area (TPSA) is 54.0 Å². The van der Waals surface area contributed by atoms with Gasteiger partial charge in [0.2, 0.25) is 5.79 Å². The number of ketones is 1. The normalized spacial score (nSPS) is 52.9. The summed E-state index contributed by atoms with van der Waals surface area (Å²) in [5, 5.41) is 0. The van der Waals surface area contributed by atoms with Crippen LogP contribution < -0.4 is 0 Å². The summed E-state index contributed by atoms with van der Waals surface area (Å²) >= 11 is 0. The summed E-state index contributed by atoms with van der Waals surface area (Å²) < 4.78 is 23.6. The highest BCUT2D eigenvalue weighted by molar-refractivity contribution is 5.97. The van der Waals surface area contributed by atoms with Gasteiger partial charge >= 0.3 is 0 Å². The second-order valence-electron chi connectivity index (χ2n) is 7.76. The predicted molar refractivity (Wildman–Crippen MR) is 75.8 cm³/mol. The number of Topliss-reactive ketones (excluding diaryl/α,β-unsaturated/α-hetero) is 1. The molecular weight excluding hydrogens is 284 g/mol. The van der Waals surface area contributed by atoms with E-state index in [9.17, 15) is 4.79 Å². The van der Waals surface area contributed by atoms with Crippen molar-refractivity contribution in [3.8, 4) is 0 Å². The van der Waals surface area contributed by atoms with Gasteiger partial charge in [-0.05, 0) is 37.5 Å². The van der Waals surface area contributed by atoms with E-state index in [-0.39, 0.29) is 23.0 Å². The quantitative estimate of drug-likeness (QED) is 0.741. The number of hydrogen-bond donors (Lipinski definition) is 0. The van der Waals surface area contributed by atoms with Crippen LogP contribution in [0.1, 0.15) is 26.2 Å². The van der Waals surface area contributed by atoms with Gasteiger partial charge in [0, 0.05) is 31.5 Å². The Labute approximate surface area is 130 Å². The van der Waals surface area contributed by atoms with Crippen molar-refractivity contribution in [2.75, 3.05) is 27.4 Å². The van der Waals surface area contributed by atoms with Gasteiger partial charge in [0.25, 0.3) is 0 Å². The van der Waals surface area contributed by atoms with Gasteiger partial charge in [-0.15, -0.1) is 0 Å². The Morgan fingerprint density at radius 2 is 1.73 bits per heavy atom. The molecule has 0 spiro atoms. The molecule has 0 aromatic rings. The first-order chi connectivity index (χ1) is 10.6. The summed E-state index contributed by atoms with van der Waals surface area (Å²) in [6.45, 7) is 3.26. The van der Waals surface area contributed by atoms with Crippen LogP contribution in [-0.2, 0) is 23.7 Å². The van der Waals surface area contributed by atoms with Gasteiger partial charge in [0.15, 0.2) is 11.6 Å². The van der Waals surface area contributed by atoms with Gasteiger partial charge in [0.05, 0.1) is 13.2 Å². The molecule has 3 unspecified atom stereocenters. The molecule has 122 valence electrons. The van der Waals surface area contributed by atoms with E-state index < -0.39 is 11.6 Å². The summed E-state index contributed by atoms with van der Waals surface area (Å²) in [6.07, 6.45) is 3.64. The lowest BCUT2D eigenvalue weighted by Crippen LogP contribution is -2.53. The van der Waals surface area contributed by atoms with Gasteiger partial charge < -0.3 is 18.9 Å². The maximum absolute atomic E-state index is 13.2. The van der Waals surface area contributed by atoms with Gasteiger partial charge in [-0.25, -0.2) is 0 Å². The monoisotopic (exact) mass is 308 g/mol. The van der Waals surface area contributed by atoms with E-state index in [4.69, 9.17) is 18.9 Å². The van der Waals surface area contributed by atoms with Crippen LogP contribution >= 0.6 is 0 Å². The van der Waals surface area contributed by atoms with E-state index in [1.54, 1.807) is 14.2 Å². The van der Waals surface area contributed by atoms with Crippen LogP contribution in [-0.4, -0.2) is 44.8 Å². The third kappa shape index (κ3) is 1.11. The van der Waals surface area contributed by atoms with Crippen molar-refractivity contribution in [1.29, 1.82) is 0 Å². The Kier molecular flexibility index (Phi) is 2.49. The average Bonchev–Trinajstić information content (AvgIpc) is 2.93. The maximum atomic E-state index is 13.2. The van der Waals surface area contributed by atoms with Crippen LogP contribution in [0.5, 0.6) is 0 Å². The van der Waals surface area contributed by atoms with E-state index in [2.05, 4.69) is 0 Å². The van der Waals surface area contributed by atoms with E-state index in [1.165, 1.54) is 12.8 Å². The molecule has 5 nitrogen and oxygen atoms in total. The SMILES string of the molecule is COC1(OC)C(=O)C2C3[C@@H]4CCC[C@@H]4[C@@H]1C23C1(C)OCCO1. The molecule has 6 atom stereocenters. The fourth-order valence-corrected chi connectivity index (χ4v) is 7.19. The molecule has 1 heterocycles. The van der Waals surface area contributed by atoms with Gasteiger partial charge in [-0.1, -0.05) is 6.42 Å². The predicted octanol–water partition coefficient (Wildman–Crippen LogP) is 1.60. The fourth-order valence-electron chi connectivity index (χ4n) is 7.19. The number of carbonyl (C=O) groups is 1. The van der Waals surface area contributed by atoms with Crippen molar-refractivity contribution < 1.29 is 23.7 Å². The minimum Gasteiger partial charge on any atom is -0.347 e. The van der Waals surface area contributed by atoms with Crippen LogP contribution in [0.3, 0.4) is 0 Å². The molecular formula is C17H24O5. The molecule has 5 fully saturated rings. The van der Waals surface area contributed by atoms with Crippen LogP contribution in [0.25, 0.3) is 0 Å². The molecule has 22 heavy (non-hydrogen) atoms. The third-order valence-electron chi connectivity index (χ3n) is 7.61. The van der Waals surface area contributed by atoms with E-state index in [1.807, 2.05) is 6.92 Å². The zero-order valence-electron chi connectivity index (χ0n) is 13.5. The number of fused-ring (bicyclic) bond motifs is 4. The smallest absolute Gasteiger partial charge is 0.232 e. The van der Waals surface area contributed by atoms with E-state index in [0.29, 0.717) is 31.0 Å². The molecule has 0 aromatic heterocycles. The lowest BCUT2D eigenvalue weighted by atomic mass is 9.76. The molecule has 5 heteroatoms.